The third kappa shape index (κ3) is 3.09. The number of carbonyl (C=O) groups excluding carboxylic acids is 1. The van der Waals surface area contributed by atoms with Gasteiger partial charge in [0.25, 0.3) is 5.91 Å². The largest absolute Gasteiger partial charge is 0.350 e. The molecule has 3 atom stereocenters. The summed E-state index contributed by atoms with van der Waals surface area (Å²) in [4.78, 5) is 16.1. The van der Waals surface area contributed by atoms with Crippen molar-refractivity contribution in [2.45, 2.75) is 32.2 Å². The zero-order valence-corrected chi connectivity index (χ0v) is 12.4. The average molecular weight is 302 g/mol. The van der Waals surface area contributed by atoms with E-state index in [9.17, 15) is 4.79 Å². The maximum Gasteiger partial charge on any atom is 0.270 e. The number of carbonyl (C=O) groups is 1. The predicted octanol–water partition coefficient (Wildman–Crippen LogP) is 2.19. The lowest BCUT2D eigenvalue weighted by Gasteiger charge is -2.21. The summed E-state index contributed by atoms with van der Waals surface area (Å²) in [6.45, 7) is 1.22. The Balaban J connectivity index is 0.00000133. The molecule has 0 saturated heterocycles. The van der Waals surface area contributed by atoms with Crippen LogP contribution < -0.4 is 11.1 Å². The van der Waals surface area contributed by atoms with Gasteiger partial charge in [-0.2, -0.15) is 0 Å². The van der Waals surface area contributed by atoms with Crippen LogP contribution in [0.15, 0.2) is 5.38 Å². The summed E-state index contributed by atoms with van der Waals surface area (Å²) in [6, 6.07) is 0. The SMILES string of the molecule is Cl.NCc1nc(C(=O)NCC2CC3CCC2C3)cs1. The summed E-state index contributed by atoms with van der Waals surface area (Å²) >= 11 is 1.45. The summed E-state index contributed by atoms with van der Waals surface area (Å²) in [5, 5.41) is 5.64. The zero-order chi connectivity index (χ0) is 12.5. The van der Waals surface area contributed by atoms with Crippen molar-refractivity contribution >= 4 is 29.7 Å². The Kier molecular flexibility index (Phi) is 4.81. The van der Waals surface area contributed by atoms with E-state index in [2.05, 4.69) is 10.3 Å². The van der Waals surface area contributed by atoms with E-state index in [-0.39, 0.29) is 18.3 Å². The summed E-state index contributed by atoms with van der Waals surface area (Å²) in [6.07, 6.45) is 5.45. The van der Waals surface area contributed by atoms with Gasteiger partial charge in [-0.3, -0.25) is 4.79 Å². The topological polar surface area (TPSA) is 68.0 Å². The van der Waals surface area contributed by atoms with Gasteiger partial charge in [0.15, 0.2) is 0 Å². The molecule has 0 aliphatic heterocycles. The highest BCUT2D eigenvalue weighted by Gasteiger charge is 2.39. The van der Waals surface area contributed by atoms with Gasteiger partial charge < -0.3 is 11.1 Å². The smallest absolute Gasteiger partial charge is 0.270 e. The van der Waals surface area contributed by atoms with E-state index in [1.807, 2.05) is 0 Å². The number of aromatic nitrogens is 1. The number of hydrogen-bond acceptors (Lipinski definition) is 4. The van der Waals surface area contributed by atoms with Crippen molar-refractivity contribution < 1.29 is 4.79 Å². The standard InChI is InChI=1S/C13H19N3OS.ClH/c14-5-12-16-11(7-18-12)13(17)15-6-10-4-8-1-2-9(10)3-8;/h7-10H,1-6,14H2,(H,15,17);1H. The van der Waals surface area contributed by atoms with Crippen molar-refractivity contribution in [3.8, 4) is 0 Å². The number of nitrogens with zero attached hydrogens (tertiary/aromatic N) is 1. The molecule has 4 nitrogen and oxygen atoms in total. The Bertz CT molecular complexity index is 451. The number of rotatable bonds is 4. The summed E-state index contributed by atoms with van der Waals surface area (Å²) in [5.74, 6) is 2.43. The number of amides is 1. The first-order chi connectivity index (χ1) is 8.76. The van der Waals surface area contributed by atoms with Crippen molar-refractivity contribution in [2.24, 2.45) is 23.5 Å². The van der Waals surface area contributed by atoms with Crippen molar-refractivity contribution in [1.82, 2.24) is 10.3 Å². The molecule has 0 aromatic carbocycles. The van der Waals surface area contributed by atoms with Gasteiger partial charge in [0, 0.05) is 18.5 Å². The summed E-state index contributed by atoms with van der Waals surface area (Å²) < 4.78 is 0. The third-order valence-corrected chi connectivity index (χ3v) is 5.24. The molecule has 2 saturated carbocycles. The molecule has 1 aromatic heterocycles. The van der Waals surface area contributed by atoms with Crippen LogP contribution >= 0.6 is 23.7 Å². The van der Waals surface area contributed by atoms with Crippen LogP contribution in [0.5, 0.6) is 0 Å². The molecule has 3 N–H and O–H groups in total. The number of fused-ring (bicyclic) bond motifs is 2. The summed E-state index contributed by atoms with van der Waals surface area (Å²) in [5.41, 5.74) is 6.01. The van der Waals surface area contributed by atoms with Gasteiger partial charge in [0.1, 0.15) is 10.7 Å². The van der Waals surface area contributed by atoms with Gasteiger partial charge in [0.2, 0.25) is 0 Å². The highest BCUT2D eigenvalue weighted by Crippen LogP contribution is 2.47. The molecule has 6 heteroatoms. The van der Waals surface area contributed by atoms with E-state index in [4.69, 9.17) is 5.73 Å². The van der Waals surface area contributed by atoms with Gasteiger partial charge in [-0.25, -0.2) is 4.98 Å². The fourth-order valence-corrected chi connectivity index (χ4v) is 4.10. The van der Waals surface area contributed by atoms with Crippen LogP contribution in [0.2, 0.25) is 0 Å². The van der Waals surface area contributed by atoms with Crippen LogP contribution in [0.25, 0.3) is 0 Å². The number of halogens is 1. The zero-order valence-electron chi connectivity index (χ0n) is 10.8. The van der Waals surface area contributed by atoms with Gasteiger partial charge in [0.05, 0.1) is 0 Å². The van der Waals surface area contributed by atoms with Gasteiger partial charge in [-0.1, -0.05) is 6.42 Å². The Morgan fingerprint density at radius 2 is 2.32 bits per heavy atom. The minimum atomic E-state index is -0.0475. The second-order valence-corrected chi connectivity index (χ2v) is 6.42. The number of nitrogens with one attached hydrogen (secondary N) is 1. The van der Waals surface area contributed by atoms with E-state index in [0.29, 0.717) is 18.2 Å². The van der Waals surface area contributed by atoms with Gasteiger partial charge >= 0.3 is 0 Å². The van der Waals surface area contributed by atoms with E-state index in [1.54, 1.807) is 5.38 Å². The normalized spacial score (nSPS) is 28.2. The van der Waals surface area contributed by atoms with E-state index in [1.165, 1.54) is 37.0 Å². The lowest BCUT2D eigenvalue weighted by atomic mass is 9.89. The highest BCUT2D eigenvalue weighted by molar-refractivity contribution is 7.09. The second-order valence-electron chi connectivity index (χ2n) is 5.48. The molecule has 106 valence electrons. The first kappa shape index (κ1) is 14.8. The molecule has 19 heavy (non-hydrogen) atoms. The molecule has 1 aromatic rings. The van der Waals surface area contributed by atoms with E-state index < -0.39 is 0 Å². The lowest BCUT2D eigenvalue weighted by Crippen LogP contribution is -2.31. The fourth-order valence-electron chi connectivity index (χ4n) is 3.45. The Morgan fingerprint density at radius 1 is 1.47 bits per heavy atom. The Hall–Kier alpha value is -0.650. The van der Waals surface area contributed by atoms with Crippen molar-refractivity contribution in [1.29, 1.82) is 0 Å². The first-order valence-electron chi connectivity index (χ1n) is 6.69. The number of hydrogen-bond donors (Lipinski definition) is 2. The highest BCUT2D eigenvalue weighted by atomic mass is 35.5. The Labute approximate surface area is 123 Å². The third-order valence-electron chi connectivity index (χ3n) is 4.37. The predicted molar refractivity (Wildman–Crippen MR) is 78.5 cm³/mol. The van der Waals surface area contributed by atoms with Gasteiger partial charge in [-0.05, 0) is 37.0 Å². The molecule has 0 radical (unpaired) electrons. The van der Waals surface area contributed by atoms with Crippen LogP contribution in [0.4, 0.5) is 0 Å². The molecular weight excluding hydrogens is 282 g/mol. The molecule has 2 aliphatic carbocycles. The maximum absolute atomic E-state index is 11.9. The van der Waals surface area contributed by atoms with E-state index >= 15 is 0 Å². The molecule has 1 amide bonds. The monoisotopic (exact) mass is 301 g/mol. The van der Waals surface area contributed by atoms with Crippen molar-refractivity contribution in [3.63, 3.8) is 0 Å². The quantitative estimate of drug-likeness (QED) is 0.896. The van der Waals surface area contributed by atoms with Crippen molar-refractivity contribution in [3.05, 3.63) is 16.1 Å². The number of nitrogens with two attached hydrogens (primary N) is 1. The average Bonchev–Trinajstić information content (AvgIpc) is 3.10. The molecule has 2 fully saturated rings. The van der Waals surface area contributed by atoms with Gasteiger partial charge in [-0.15, -0.1) is 23.7 Å². The van der Waals surface area contributed by atoms with Crippen LogP contribution in [-0.4, -0.2) is 17.4 Å². The second kappa shape index (κ2) is 6.20. The first-order valence-corrected chi connectivity index (χ1v) is 7.57. The molecule has 0 spiro atoms. The molecule has 3 unspecified atom stereocenters. The van der Waals surface area contributed by atoms with Crippen LogP contribution in [-0.2, 0) is 6.54 Å². The lowest BCUT2D eigenvalue weighted by molar-refractivity contribution is 0.0937. The minimum Gasteiger partial charge on any atom is -0.350 e. The maximum atomic E-state index is 11.9. The molecular formula is C13H20ClN3OS. The van der Waals surface area contributed by atoms with Crippen LogP contribution in [0.1, 0.15) is 41.2 Å². The molecule has 1 heterocycles. The van der Waals surface area contributed by atoms with E-state index in [0.717, 1.165) is 23.4 Å². The summed E-state index contributed by atoms with van der Waals surface area (Å²) in [7, 11) is 0. The number of thiazole rings is 1. The fraction of sp³-hybridized carbons (Fsp3) is 0.692. The minimum absolute atomic E-state index is 0. The Morgan fingerprint density at radius 3 is 2.89 bits per heavy atom. The molecule has 2 aliphatic rings. The molecule has 3 rings (SSSR count). The van der Waals surface area contributed by atoms with Crippen LogP contribution in [0, 0.1) is 17.8 Å². The molecule has 2 bridgehead atoms. The van der Waals surface area contributed by atoms with Crippen LogP contribution in [0.3, 0.4) is 0 Å². The van der Waals surface area contributed by atoms with Crippen molar-refractivity contribution in [2.75, 3.05) is 6.54 Å².